The molecule has 1 unspecified atom stereocenters. The fraction of sp³-hybridized carbons (Fsp3) is 0.357. The molecule has 0 saturated carbocycles. The third-order valence-corrected chi connectivity index (χ3v) is 3.31. The highest BCUT2D eigenvalue weighted by Crippen LogP contribution is 2.29. The molecule has 1 aromatic rings. The Morgan fingerprint density at radius 1 is 1.29 bits per heavy atom. The summed E-state index contributed by atoms with van der Waals surface area (Å²) in [5, 5.41) is 0. The van der Waals surface area contributed by atoms with Crippen molar-refractivity contribution in [1.29, 1.82) is 0 Å². The average molecular weight is 295 g/mol. The van der Waals surface area contributed by atoms with Gasteiger partial charge in [0.25, 0.3) is 0 Å². The summed E-state index contributed by atoms with van der Waals surface area (Å²) in [6, 6.07) is 3.46. The first-order valence-corrected chi connectivity index (χ1v) is 6.24. The summed E-state index contributed by atoms with van der Waals surface area (Å²) < 4.78 is 22.5. The zero-order valence-electron chi connectivity index (χ0n) is 11.6. The van der Waals surface area contributed by atoms with E-state index in [1.807, 2.05) is 0 Å². The number of methoxy groups -OCH3 is 2. The zero-order chi connectivity index (χ0) is 15.6. The average Bonchev–Trinajstić information content (AvgIpc) is 2.87. The van der Waals surface area contributed by atoms with Gasteiger partial charge in [-0.1, -0.05) is 0 Å². The lowest BCUT2D eigenvalue weighted by Crippen LogP contribution is -2.28. The number of hydrogen-bond acceptors (Lipinski definition) is 5. The Bertz CT molecular complexity index is 601. The molecule has 1 heterocycles. The van der Waals surface area contributed by atoms with Crippen LogP contribution in [0.3, 0.4) is 0 Å². The van der Waals surface area contributed by atoms with E-state index in [1.54, 1.807) is 0 Å². The molecule has 0 aromatic heterocycles. The van der Waals surface area contributed by atoms with Gasteiger partial charge in [0.05, 0.1) is 31.4 Å². The molecule has 0 aliphatic carbocycles. The first-order valence-electron chi connectivity index (χ1n) is 6.24. The third-order valence-electron chi connectivity index (χ3n) is 3.31. The van der Waals surface area contributed by atoms with Crippen molar-refractivity contribution >= 4 is 23.5 Å². The summed E-state index contributed by atoms with van der Waals surface area (Å²) in [7, 11) is 2.41. The summed E-state index contributed by atoms with van der Waals surface area (Å²) in [6.07, 6.45) is -0.00926. The predicted octanol–water partition coefficient (Wildman–Crippen LogP) is 1.14. The van der Waals surface area contributed by atoms with Crippen molar-refractivity contribution in [2.24, 2.45) is 5.92 Å². The number of carbonyl (C=O) groups excluding carboxylic acids is 3. The largest absolute Gasteiger partial charge is 0.469 e. The second kappa shape index (κ2) is 5.90. The number of rotatable bonds is 3. The lowest BCUT2D eigenvalue weighted by molar-refractivity contribution is -0.145. The third kappa shape index (κ3) is 2.86. The number of nitrogens with zero attached hydrogens (tertiary/aromatic N) is 1. The Morgan fingerprint density at radius 3 is 2.62 bits per heavy atom. The van der Waals surface area contributed by atoms with E-state index >= 15 is 0 Å². The molecule has 0 spiro atoms. The molecule has 0 N–H and O–H groups in total. The highest BCUT2D eigenvalue weighted by atomic mass is 19.1. The van der Waals surface area contributed by atoms with Gasteiger partial charge in [-0.25, -0.2) is 9.18 Å². The van der Waals surface area contributed by atoms with Crippen LogP contribution >= 0.6 is 0 Å². The number of carbonyl (C=O) groups is 3. The summed E-state index contributed by atoms with van der Waals surface area (Å²) in [5.41, 5.74) is 0.163. The van der Waals surface area contributed by atoms with Crippen LogP contribution in [0, 0.1) is 11.7 Å². The SMILES string of the molecule is COC(=O)c1cc(F)ccc1N1CC(C(=O)OC)CC1=O. The van der Waals surface area contributed by atoms with Gasteiger partial charge in [0.2, 0.25) is 5.91 Å². The van der Waals surface area contributed by atoms with E-state index in [-0.39, 0.29) is 30.1 Å². The maximum Gasteiger partial charge on any atom is 0.340 e. The Balaban J connectivity index is 2.36. The molecule has 1 amide bonds. The zero-order valence-corrected chi connectivity index (χ0v) is 11.6. The van der Waals surface area contributed by atoms with E-state index in [2.05, 4.69) is 9.47 Å². The van der Waals surface area contributed by atoms with Crippen molar-refractivity contribution in [3.05, 3.63) is 29.6 Å². The molecular formula is C14H14FNO5. The number of amides is 1. The van der Waals surface area contributed by atoms with Gasteiger partial charge in [0.15, 0.2) is 0 Å². The second-order valence-corrected chi connectivity index (χ2v) is 4.58. The van der Waals surface area contributed by atoms with Gasteiger partial charge >= 0.3 is 11.9 Å². The maximum atomic E-state index is 13.3. The standard InChI is InChI=1S/C14H14FNO5/c1-20-13(18)8-5-12(17)16(7-8)11-4-3-9(15)6-10(11)14(19)21-2/h3-4,6,8H,5,7H2,1-2H3. The summed E-state index contributed by atoms with van der Waals surface area (Å²) in [5.74, 6) is -2.79. The van der Waals surface area contributed by atoms with Crippen LogP contribution in [0.5, 0.6) is 0 Å². The summed E-state index contributed by atoms with van der Waals surface area (Å²) in [6.45, 7) is 0.0845. The van der Waals surface area contributed by atoms with Crippen LogP contribution in [0.1, 0.15) is 16.8 Å². The molecule has 112 valence electrons. The predicted molar refractivity (Wildman–Crippen MR) is 70.2 cm³/mol. The van der Waals surface area contributed by atoms with E-state index in [4.69, 9.17) is 0 Å². The van der Waals surface area contributed by atoms with Gasteiger partial charge in [-0.2, -0.15) is 0 Å². The molecule has 1 aliphatic heterocycles. The van der Waals surface area contributed by atoms with Crippen LogP contribution in [-0.2, 0) is 19.1 Å². The molecule has 1 aromatic carbocycles. The highest BCUT2D eigenvalue weighted by molar-refractivity contribution is 6.05. The van der Waals surface area contributed by atoms with Crippen molar-refractivity contribution in [3.8, 4) is 0 Å². The number of benzene rings is 1. The van der Waals surface area contributed by atoms with Crippen LogP contribution in [0.4, 0.5) is 10.1 Å². The maximum absolute atomic E-state index is 13.3. The summed E-state index contributed by atoms with van der Waals surface area (Å²) in [4.78, 5) is 36.5. The van der Waals surface area contributed by atoms with E-state index in [9.17, 15) is 18.8 Å². The number of halogens is 1. The van der Waals surface area contributed by atoms with Crippen molar-refractivity contribution < 1.29 is 28.2 Å². The minimum Gasteiger partial charge on any atom is -0.469 e. The van der Waals surface area contributed by atoms with Gasteiger partial charge in [-0.05, 0) is 18.2 Å². The first-order chi connectivity index (χ1) is 9.97. The molecule has 1 fully saturated rings. The van der Waals surface area contributed by atoms with Gasteiger partial charge in [-0.3, -0.25) is 9.59 Å². The minimum absolute atomic E-state index is 0.00926. The lowest BCUT2D eigenvalue weighted by atomic mass is 10.1. The van der Waals surface area contributed by atoms with Gasteiger partial charge in [-0.15, -0.1) is 0 Å². The molecular weight excluding hydrogens is 281 g/mol. The molecule has 7 heteroatoms. The van der Waals surface area contributed by atoms with E-state index in [0.717, 1.165) is 12.1 Å². The Labute approximate surface area is 120 Å². The van der Waals surface area contributed by atoms with E-state index in [0.29, 0.717) is 0 Å². The number of hydrogen-bond donors (Lipinski definition) is 0. The smallest absolute Gasteiger partial charge is 0.340 e. The molecule has 0 bridgehead atoms. The second-order valence-electron chi connectivity index (χ2n) is 4.58. The molecule has 1 saturated heterocycles. The van der Waals surface area contributed by atoms with Gasteiger partial charge in [0, 0.05) is 13.0 Å². The van der Waals surface area contributed by atoms with Crippen LogP contribution in [0.25, 0.3) is 0 Å². The molecule has 2 rings (SSSR count). The van der Waals surface area contributed by atoms with Crippen LogP contribution < -0.4 is 4.90 Å². The Kier molecular flexibility index (Phi) is 4.21. The van der Waals surface area contributed by atoms with Crippen LogP contribution in [0.15, 0.2) is 18.2 Å². The van der Waals surface area contributed by atoms with E-state index < -0.39 is 23.7 Å². The van der Waals surface area contributed by atoms with Gasteiger partial charge < -0.3 is 14.4 Å². The molecule has 6 nitrogen and oxygen atoms in total. The monoisotopic (exact) mass is 295 g/mol. The van der Waals surface area contributed by atoms with Crippen molar-refractivity contribution in [2.45, 2.75) is 6.42 Å². The quantitative estimate of drug-likeness (QED) is 0.782. The fourth-order valence-electron chi connectivity index (χ4n) is 2.28. The Hall–Kier alpha value is -2.44. The van der Waals surface area contributed by atoms with E-state index in [1.165, 1.54) is 25.2 Å². The number of ether oxygens (including phenoxy) is 2. The number of esters is 2. The van der Waals surface area contributed by atoms with Crippen molar-refractivity contribution in [3.63, 3.8) is 0 Å². The topological polar surface area (TPSA) is 72.9 Å². The Morgan fingerprint density at radius 2 is 2.00 bits per heavy atom. The molecule has 1 aliphatic rings. The fourth-order valence-corrected chi connectivity index (χ4v) is 2.28. The molecule has 0 radical (unpaired) electrons. The van der Waals surface area contributed by atoms with Crippen molar-refractivity contribution in [1.82, 2.24) is 0 Å². The van der Waals surface area contributed by atoms with Crippen LogP contribution in [0.2, 0.25) is 0 Å². The molecule has 1 atom stereocenters. The summed E-state index contributed by atoms with van der Waals surface area (Å²) >= 11 is 0. The minimum atomic E-state index is -0.751. The van der Waals surface area contributed by atoms with Crippen LogP contribution in [-0.4, -0.2) is 38.6 Å². The lowest BCUT2D eigenvalue weighted by Gasteiger charge is -2.19. The normalized spacial score (nSPS) is 17.8. The van der Waals surface area contributed by atoms with Gasteiger partial charge in [0.1, 0.15) is 5.82 Å². The molecule has 21 heavy (non-hydrogen) atoms. The first kappa shape index (κ1) is 15.0. The van der Waals surface area contributed by atoms with Crippen molar-refractivity contribution in [2.75, 3.05) is 25.7 Å². The highest BCUT2D eigenvalue weighted by Gasteiger charge is 2.37. The number of anilines is 1.